The van der Waals surface area contributed by atoms with Gasteiger partial charge in [-0.25, -0.2) is 9.78 Å². The molecular formula is C19H14F3N5O2. The van der Waals surface area contributed by atoms with E-state index < -0.39 is 12.1 Å². The summed E-state index contributed by atoms with van der Waals surface area (Å²) in [5.74, 6) is -2.29. The lowest BCUT2D eigenvalue weighted by atomic mass is 9.99. The van der Waals surface area contributed by atoms with Crippen LogP contribution in [0.3, 0.4) is 0 Å². The fourth-order valence-corrected chi connectivity index (χ4v) is 3.28. The Kier molecular flexibility index (Phi) is 4.07. The van der Waals surface area contributed by atoms with Gasteiger partial charge in [-0.15, -0.1) is 0 Å². The number of nitrogens with zero attached hydrogens (tertiary/aromatic N) is 3. The van der Waals surface area contributed by atoms with Crippen LogP contribution in [-0.4, -0.2) is 26.7 Å². The SMILES string of the molecule is Cn1ccc2c3c(N)nc(N)nc3cc(-c3cccc(OC(=O)C(F)(F)F)c3)c21. The molecule has 4 N–H and O–H groups in total. The highest BCUT2D eigenvalue weighted by atomic mass is 19.4. The smallest absolute Gasteiger partial charge is 0.420 e. The van der Waals surface area contributed by atoms with Gasteiger partial charge in [-0.2, -0.15) is 18.2 Å². The van der Waals surface area contributed by atoms with E-state index in [1.165, 1.54) is 18.2 Å². The minimum absolute atomic E-state index is 0.00379. The second-order valence-corrected chi connectivity index (χ2v) is 6.39. The van der Waals surface area contributed by atoms with Crippen molar-refractivity contribution < 1.29 is 22.7 Å². The van der Waals surface area contributed by atoms with E-state index in [1.807, 2.05) is 23.9 Å². The number of hydrogen-bond donors (Lipinski definition) is 2. The molecule has 0 aliphatic carbocycles. The zero-order chi connectivity index (χ0) is 20.9. The highest BCUT2D eigenvalue weighted by Gasteiger charge is 2.41. The first kappa shape index (κ1) is 18.5. The molecule has 4 rings (SSSR count). The van der Waals surface area contributed by atoms with Crippen LogP contribution in [0.5, 0.6) is 5.75 Å². The normalized spacial score (nSPS) is 11.9. The number of nitrogen functional groups attached to an aromatic ring is 2. The third-order valence-corrected chi connectivity index (χ3v) is 4.45. The Balaban J connectivity index is 1.93. The predicted octanol–water partition coefficient (Wildman–Crippen LogP) is 3.42. The highest BCUT2D eigenvalue weighted by molar-refractivity contribution is 6.15. The van der Waals surface area contributed by atoms with E-state index in [4.69, 9.17) is 11.5 Å². The van der Waals surface area contributed by atoms with Crippen LogP contribution in [0.1, 0.15) is 0 Å². The van der Waals surface area contributed by atoms with Crippen molar-refractivity contribution in [1.29, 1.82) is 0 Å². The van der Waals surface area contributed by atoms with Crippen LogP contribution >= 0.6 is 0 Å². The molecule has 2 heterocycles. The van der Waals surface area contributed by atoms with Gasteiger partial charge < -0.3 is 20.8 Å². The van der Waals surface area contributed by atoms with Gasteiger partial charge in [0.25, 0.3) is 0 Å². The molecule has 0 bridgehead atoms. The van der Waals surface area contributed by atoms with Gasteiger partial charge in [0, 0.05) is 24.2 Å². The van der Waals surface area contributed by atoms with Crippen LogP contribution in [0.25, 0.3) is 32.9 Å². The lowest BCUT2D eigenvalue weighted by Gasteiger charge is -2.12. The van der Waals surface area contributed by atoms with Gasteiger partial charge in [0.1, 0.15) is 11.6 Å². The molecule has 0 spiro atoms. The molecule has 10 heteroatoms. The topological polar surface area (TPSA) is 109 Å². The van der Waals surface area contributed by atoms with Crippen molar-refractivity contribution >= 4 is 39.5 Å². The molecule has 2 aromatic carbocycles. The molecule has 0 amide bonds. The van der Waals surface area contributed by atoms with Crippen LogP contribution in [-0.2, 0) is 11.8 Å². The third-order valence-electron chi connectivity index (χ3n) is 4.45. The van der Waals surface area contributed by atoms with E-state index in [2.05, 4.69) is 14.7 Å². The Morgan fingerprint density at radius 1 is 1.14 bits per heavy atom. The zero-order valence-electron chi connectivity index (χ0n) is 15.0. The number of fused-ring (bicyclic) bond motifs is 3. The van der Waals surface area contributed by atoms with Crippen LogP contribution in [0.2, 0.25) is 0 Å². The molecule has 29 heavy (non-hydrogen) atoms. The number of esters is 1. The number of nitrogens with two attached hydrogens (primary N) is 2. The summed E-state index contributed by atoms with van der Waals surface area (Å²) in [6.45, 7) is 0. The van der Waals surface area contributed by atoms with Gasteiger partial charge in [-0.05, 0) is 29.8 Å². The molecule has 0 radical (unpaired) electrons. The maximum Gasteiger partial charge on any atom is 0.491 e. The standard InChI is InChI=1S/C19H14F3N5O2/c1-27-6-5-11-14-13(25-18(24)26-16(14)23)8-12(15(11)27)9-3-2-4-10(7-9)29-17(28)19(20,21)22/h2-8H,1H3,(H4,23,24,25,26). The number of alkyl halides is 3. The Bertz CT molecular complexity index is 1280. The highest BCUT2D eigenvalue weighted by Crippen LogP contribution is 2.37. The van der Waals surface area contributed by atoms with Gasteiger partial charge >= 0.3 is 12.1 Å². The number of carbonyl (C=O) groups is 1. The van der Waals surface area contributed by atoms with E-state index >= 15 is 0 Å². The Labute approximate surface area is 161 Å². The van der Waals surface area contributed by atoms with Crippen molar-refractivity contribution in [3.05, 3.63) is 42.6 Å². The number of aryl methyl sites for hydroxylation is 1. The first-order chi connectivity index (χ1) is 13.6. The van der Waals surface area contributed by atoms with Crippen molar-refractivity contribution in [2.75, 3.05) is 11.5 Å². The molecule has 148 valence electrons. The minimum atomic E-state index is -5.09. The Hall–Kier alpha value is -3.82. The molecule has 4 aromatic rings. The molecule has 0 aliphatic rings. The predicted molar refractivity (Wildman–Crippen MR) is 102 cm³/mol. The Morgan fingerprint density at radius 3 is 2.62 bits per heavy atom. The quantitative estimate of drug-likeness (QED) is 0.394. The number of ether oxygens (including phenoxy) is 1. The number of halogens is 3. The monoisotopic (exact) mass is 401 g/mol. The second-order valence-electron chi connectivity index (χ2n) is 6.39. The van der Waals surface area contributed by atoms with Gasteiger partial charge in [0.15, 0.2) is 0 Å². The fraction of sp³-hybridized carbons (Fsp3) is 0.105. The van der Waals surface area contributed by atoms with Gasteiger partial charge in [-0.1, -0.05) is 12.1 Å². The van der Waals surface area contributed by atoms with Crippen molar-refractivity contribution in [3.63, 3.8) is 0 Å². The maximum atomic E-state index is 12.5. The number of anilines is 2. The summed E-state index contributed by atoms with van der Waals surface area (Å²) in [6.07, 6.45) is -3.27. The summed E-state index contributed by atoms with van der Waals surface area (Å²) in [7, 11) is 1.82. The number of aromatic nitrogens is 3. The number of benzene rings is 2. The molecule has 0 saturated carbocycles. The molecule has 0 aliphatic heterocycles. The summed E-state index contributed by atoms with van der Waals surface area (Å²) in [6, 6.07) is 9.36. The Morgan fingerprint density at radius 2 is 1.90 bits per heavy atom. The van der Waals surface area contributed by atoms with Crippen molar-refractivity contribution in [3.8, 4) is 16.9 Å². The van der Waals surface area contributed by atoms with E-state index in [9.17, 15) is 18.0 Å². The first-order valence-electron chi connectivity index (χ1n) is 8.35. The molecule has 0 saturated heterocycles. The number of rotatable bonds is 2. The van der Waals surface area contributed by atoms with Crippen LogP contribution in [0.4, 0.5) is 24.9 Å². The van der Waals surface area contributed by atoms with Crippen molar-refractivity contribution in [1.82, 2.24) is 14.5 Å². The van der Waals surface area contributed by atoms with E-state index in [0.29, 0.717) is 22.0 Å². The van der Waals surface area contributed by atoms with Gasteiger partial charge in [-0.3, -0.25) is 0 Å². The zero-order valence-corrected chi connectivity index (χ0v) is 15.0. The van der Waals surface area contributed by atoms with Crippen LogP contribution in [0, 0.1) is 0 Å². The molecule has 0 fully saturated rings. The van der Waals surface area contributed by atoms with Crippen LogP contribution < -0.4 is 16.2 Å². The average Bonchev–Trinajstić information content (AvgIpc) is 3.01. The van der Waals surface area contributed by atoms with Crippen molar-refractivity contribution in [2.24, 2.45) is 7.05 Å². The largest absolute Gasteiger partial charge is 0.491 e. The third kappa shape index (κ3) is 3.18. The molecule has 0 atom stereocenters. The molecule has 0 unspecified atom stereocenters. The average molecular weight is 401 g/mol. The molecule has 7 nitrogen and oxygen atoms in total. The lowest BCUT2D eigenvalue weighted by Crippen LogP contribution is -2.27. The van der Waals surface area contributed by atoms with Crippen LogP contribution in [0.15, 0.2) is 42.6 Å². The lowest BCUT2D eigenvalue weighted by molar-refractivity contribution is -0.189. The fourth-order valence-electron chi connectivity index (χ4n) is 3.28. The number of carbonyl (C=O) groups excluding carboxylic acids is 1. The first-order valence-corrected chi connectivity index (χ1v) is 8.35. The van der Waals surface area contributed by atoms with E-state index in [0.717, 1.165) is 10.9 Å². The summed E-state index contributed by atoms with van der Waals surface area (Å²) >= 11 is 0. The second kappa shape index (κ2) is 6.36. The summed E-state index contributed by atoms with van der Waals surface area (Å²) < 4.78 is 43.8. The van der Waals surface area contributed by atoms with E-state index in [-0.39, 0.29) is 17.5 Å². The summed E-state index contributed by atoms with van der Waals surface area (Å²) in [5.41, 5.74) is 14.2. The number of hydrogen-bond acceptors (Lipinski definition) is 6. The van der Waals surface area contributed by atoms with E-state index in [1.54, 1.807) is 12.1 Å². The van der Waals surface area contributed by atoms with Gasteiger partial charge in [0.2, 0.25) is 5.95 Å². The molecule has 2 aromatic heterocycles. The maximum absolute atomic E-state index is 12.5. The summed E-state index contributed by atoms with van der Waals surface area (Å²) in [5, 5.41) is 1.38. The van der Waals surface area contributed by atoms with Crippen molar-refractivity contribution in [2.45, 2.75) is 6.18 Å². The molecular weight excluding hydrogens is 387 g/mol. The van der Waals surface area contributed by atoms with Gasteiger partial charge in [0.05, 0.1) is 16.4 Å². The minimum Gasteiger partial charge on any atom is -0.420 e. The summed E-state index contributed by atoms with van der Waals surface area (Å²) in [4.78, 5) is 19.4.